The van der Waals surface area contributed by atoms with Gasteiger partial charge >= 0.3 is 0 Å². The van der Waals surface area contributed by atoms with Crippen LogP contribution in [-0.4, -0.2) is 30.6 Å². The van der Waals surface area contributed by atoms with Crippen LogP contribution in [0.4, 0.5) is 0 Å². The lowest BCUT2D eigenvalue weighted by atomic mass is 9.84. The van der Waals surface area contributed by atoms with Crippen LogP contribution in [0.25, 0.3) is 0 Å². The predicted molar refractivity (Wildman–Crippen MR) is 64.8 cm³/mol. The molecule has 1 unspecified atom stereocenters. The van der Waals surface area contributed by atoms with Crippen molar-refractivity contribution in [3.8, 4) is 0 Å². The third-order valence-corrected chi connectivity index (χ3v) is 4.22. The highest BCUT2D eigenvalue weighted by Gasteiger charge is 2.25. The molecule has 0 aromatic carbocycles. The molecule has 0 radical (unpaired) electrons. The first kappa shape index (κ1) is 11.4. The van der Waals surface area contributed by atoms with Gasteiger partial charge in [-0.05, 0) is 51.1 Å². The van der Waals surface area contributed by atoms with Crippen LogP contribution >= 0.6 is 0 Å². The van der Waals surface area contributed by atoms with Gasteiger partial charge in [-0.2, -0.15) is 0 Å². The lowest BCUT2D eigenvalue weighted by Crippen LogP contribution is -2.41. The molecule has 1 saturated carbocycles. The number of nitrogens with zero attached hydrogens (tertiary/aromatic N) is 1. The molecule has 0 aromatic rings. The second-order valence-corrected chi connectivity index (χ2v) is 5.37. The summed E-state index contributed by atoms with van der Waals surface area (Å²) in [5, 5.41) is 0. The SMILES string of the molecule is NCCC1CCCCCN1CC1CCC1. The van der Waals surface area contributed by atoms with Crippen LogP contribution in [0.1, 0.15) is 51.4 Å². The van der Waals surface area contributed by atoms with Crippen LogP contribution in [0.5, 0.6) is 0 Å². The third-order valence-electron chi connectivity index (χ3n) is 4.22. The molecule has 1 aliphatic carbocycles. The van der Waals surface area contributed by atoms with Gasteiger partial charge in [0.05, 0.1) is 0 Å². The van der Waals surface area contributed by atoms with E-state index in [0.717, 1.165) is 18.5 Å². The summed E-state index contributed by atoms with van der Waals surface area (Å²) >= 11 is 0. The van der Waals surface area contributed by atoms with Crippen molar-refractivity contribution in [2.45, 2.75) is 57.4 Å². The molecular formula is C13H26N2. The predicted octanol–water partition coefficient (Wildman–Crippen LogP) is 2.38. The minimum absolute atomic E-state index is 0.804. The van der Waals surface area contributed by atoms with E-state index in [1.807, 2.05) is 0 Å². The van der Waals surface area contributed by atoms with Crippen molar-refractivity contribution in [2.75, 3.05) is 19.6 Å². The fourth-order valence-electron chi connectivity index (χ4n) is 3.00. The summed E-state index contributed by atoms with van der Waals surface area (Å²) in [4.78, 5) is 2.75. The molecule has 1 heterocycles. The van der Waals surface area contributed by atoms with Gasteiger partial charge in [0.15, 0.2) is 0 Å². The molecule has 2 N–H and O–H groups in total. The Morgan fingerprint density at radius 3 is 2.53 bits per heavy atom. The fourth-order valence-corrected chi connectivity index (χ4v) is 3.00. The summed E-state index contributed by atoms with van der Waals surface area (Å²) in [6, 6.07) is 0.804. The van der Waals surface area contributed by atoms with Crippen LogP contribution in [0.15, 0.2) is 0 Å². The molecule has 0 amide bonds. The first-order chi connectivity index (χ1) is 7.40. The van der Waals surface area contributed by atoms with E-state index >= 15 is 0 Å². The highest BCUT2D eigenvalue weighted by Crippen LogP contribution is 2.29. The summed E-state index contributed by atoms with van der Waals surface area (Å²) < 4.78 is 0. The van der Waals surface area contributed by atoms with E-state index in [1.54, 1.807) is 0 Å². The Labute approximate surface area is 94.2 Å². The first-order valence-electron chi connectivity index (χ1n) is 6.84. The molecular weight excluding hydrogens is 184 g/mol. The highest BCUT2D eigenvalue weighted by atomic mass is 15.2. The Morgan fingerprint density at radius 1 is 1.00 bits per heavy atom. The van der Waals surface area contributed by atoms with E-state index in [1.165, 1.54) is 64.5 Å². The van der Waals surface area contributed by atoms with Crippen molar-refractivity contribution in [1.82, 2.24) is 4.90 Å². The van der Waals surface area contributed by atoms with Crippen molar-refractivity contribution >= 4 is 0 Å². The second kappa shape index (κ2) is 5.86. The van der Waals surface area contributed by atoms with Crippen LogP contribution in [0, 0.1) is 5.92 Å². The van der Waals surface area contributed by atoms with Crippen LogP contribution in [0.2, 0.25) is 0 Å². The van der Waals surface area contributed by atoms with E-state index in [9.17, 15) is 0 Å². The molecule has 2 fully saturated rings. The molecule has 1 atom stereocenters. The molecule has 0 bridgehead atoms. The summed E-state index contributed by atoms with van der Waals surface area (Å²) in [5.41, 5.74) is 5.72. The first-order valence-corrected chi connectivity index (χ1v) is 6.84. The van der Waals surface area contributed by atoms with Crippen LogP contribution < -0.4 is 5.73 Å². The number of likely N-dealkylation sites (tertiary alicyclic amines) is 1. The summed E-state index contributed by atoms with van der Waals surface area (Å²) in [6.07, 6.45) is 11.3. The van der Waals surface area contributed by atoms with Gasteiger partial charge in [-0.1, -0.05) is 19.3 Å². The normalized spacial score (nSPS) is 29.8. The Kier molecular flexibility index (Phi) is 4.45. The van der Waals surface area contributed by atoms with Crippen molar-refractivity contribution in [1.29, 1.82) is 0 Å². The smallest absolute Gasteiger partial charge is 0.0107 e. The van der Waals surface area contributed by atoms with E-state index < -0.39 is 0 Å². The maximum absolute atomic E-state index is 5.72. The van der Waals surface area contributed by atoms with Gasteiger partial charge in [0.2, 0.25) is 0 Å². The average molecular weight is 210 g/mol. The molecule has 15 heavy (non-hydrogen) atoms. The van der Waals surface area contributed by atoms with Gasteiger partial charge in [0.25, 0.3) is 0 Å². The molecule has 0 spiro atoms. The van der Waals surface area contributed by atoms with E-state index in [0.29, 0.717) is 0 Å². The number of nitrogens with two attached hydrogens (primary N) is 1. The van der Waals surface area contributed by atoms with Gasteiger partial charge in [0.1, 0.15) is 0 Å². The molecule has 1 saturated heterocycles. The van der Waals surface area contributed by atoms with E-state index in [4.69, 9.17) is 5.73 Å². The van der Waals surface area contributed by atoms with E-state index in [-0.39, 0.29) is 0 Å². The Bertz CT molecular complexity index is 177. The zero-order chi connectivity index (χ0) is 10.5. The molecule has 0 aromatic heterocycles. The Morgan fingerprint density at radius 2 is 1.87 bits per heavy atom. The Hall–Kier alpha value is -0.0800. The fraction of sp³-hybridized carbons (Fsp3) is 1.00. The van der Waals surface area contributed by atoms with Gasteiger partial charge in [0, 0.05) is 12.6 Å². The topological polar surface area (TPSA) is 29.3 Å². The van der Waals surface area contributed by atoms with Gasteiger partial charge < -0.3 is 10.6 Å². The zero-order valence-corrected chi connectivity index (χ0v) is 9.96. The van der Waals surface area contributed by atoms with Crippen molar-refractivity contribution in [3.63, 3.8) is 0 Å². The largest absolute Gasteiger partial charge is 0.330 e. The molecule has 2 heteroatoms. The van der Waals surface area contributed by atoms with Gasteiger partial charge in [-0.15, -0.1) is 0 Å². The number of hydrogen-bond donors (Lipinski definition) is 1. The monoisotopic (exact) mass is 210 g/mol. The molecule has 2 aliphatic rings. The molecule has 88 valence electrons. The number of rotatable bonds is 4. The van der Waals surface area contributed by atoms with Crippen molar-refractivity contribution in [2.24, 2.45) is 11.7 Å². The summed E-state index contributed by atoms with van der Waals surface area (Å²) in [7, 11) is 0. The minimum atomic E-state index is 0.804. The average Bonchev–Trinajstić information content (AvgIpc) is 2.38. The van der Waals surface area contributed by atoms with Crippen LogP contribution in [0.3, 0.4) is 0 Å². The lowest BCUT2D eigenvalue weighted by Gasteiger charge is -2.36. The van der Waals surface area contributed by atoms with Gasteiger partial charge in [-0.3, -0.25) is 0 Å². The molecule has 2 rings (SSSR count). The van der Waals surface area contributed by atoms with E-state index in [2.05, 4.69) is 4.90 Å². The zero-order valence-electron chi connectivity index (χ0n) is 9.96. The maximum Gasteiger partial charge on any atom is 0.0107 e. The standard InChI is InChI=1S/C13H26N2/c14-9-8-13-7-2-1-3-10-15(13)11-12-5-4-6-12/h12-13H,1-11,14H2. The third kappa shape index (κ3) is 3.18. The second-order valence-electron chi connectivity index (χ2n) is 5.37. The summed E-state index contributed by atoms with van der Waals surface area (Å²) in [5.74, 6) is 1.02. The molecule has 1 aliphatic heterocycles. The maximum atomic E-state index is 5.72. The summed E-state index contributed by atoms with van der Waals surface area (Å²) in [6.45, 7) is 3.57. The number of hydrogen-bond acceptors (Lipinski definition) is 2. The quantitative estimate of drug-likeness (QED) is 0.772. The minimum Gasteiger partial charge on any atom is -0.330 e. The highest BCUT2D eigenvalue weighted by molar-refractivity contribution is 4.80. The lowest BCUT2D eigenvalue weighted by molar-refractivity contribution is 0.130. The van der Waals surface area contributed by atoms with Crippen molar-refractivity contribution < 1.29 is 0 Å². The van der Waals surface area contributed by atoms with Gasteiger partial charge in [-0.25, -0.2) is 0 Å². The Balaban J connectivity index is 1.83. The van der Waals surface area contributed by atoms with Crippen LogP contribution in [-0.2, 0) is 0 Å². The molecule has 2 nitrogen and oxygen atoms in total. The van der Waals surface area contributed by atoms with Crippen molar-refractivity contribution in [3.05, 3.63) is 0 Å².